The molecule has 2 aromatic rings. The Kier molecular flexibility index (Phi) is 5.96. The minimum atomic E-state index is 0.544. The highest BCUT2D eigenvalue weighted by atomic mass is 16.5. The van der Waals surface area contributed by atoms with Gasteiger partial charge in [-0.25, -0.2) is 0 Å². The molecule has 24 heavy (non-hydrogen) atoms. The molecule has 0 bridgehead atoms. The summed E-state index contributed by atoms with van der Waals surface area (Å²) in [6, 6.07) is 17.9. The van der Waals surface area contributed by atoms with Crippen LogP contribution in [0.2, 0.25) is 0 Å². The lowest BCUT2D eigenvalue weighted by Gasteiger charge is -2.34. The molecule has 0 saturated carbocycles. The number of unbranched alkanes of at least 4 members (excludes halogenated alkanes) is 2. The molecule has 0 N–H and O–H groups in total. The third-order valence-electron chi connectivity index (χ3n) is 5.37. The Labute approximate surface area is 147 Å². The van der Waals surface area contributed by atoms with Gasteiger partial charge in [-0.05, 0) is 60.9 Å². The van der Waals surface area contributed by atoms with Crippen molar-refractivity contribution in [2.45, 2.75) is 58.3 Å². The maximum absolute atomic E-state index is 5.62. The highest BCUT2D eigenvalue weighted by Crippen LogP contribution is 2.43. The van der Waals surface area contributed by atoms with Gasteiger partial charge in [0.15, 0.2) is 0 Å². The van der Waals surface area contributed by atoms with Gasteiger partial charge in [0.25, 0.3) is 0 Å². The molecule has 1 heteroatoms. The zero-order valence-electron chi connectivity index (χ0n) is 15.1. The van der Waals surface area contributed by atoms with E-state index in [2.05, 4.69) is 55.5 Å². The van der Waals surface area contributed by atoms with Gasteiger partial charge in [0.1, 0.15) is 5.75 Å². The molecule has 0 aromatic heterocycles. The predicted molar refractivity (Wildman–Crippen MR) is 102 cm³/mol. The number of benzene rings is 2. The van der Waals surface area contributed by atoms with Crippen LogP contribution < -0.4 is 4.74 Å². The summed E-state index contributed by atoms with van der Waals surface area (Å²) < 4.78 is 5.62. The number of fused-ring (bicyclic) bond motifs is 1. The lowest BCUT2D eigenvalue weighted by atomic mass is 9.70. The maximum atomic E-state index is 5.62. The van der Waals surface area contributed by atoms with E-state index in [1.807, 2.05) is 6.92 Å². The van der Waals surface area contributed by atoms with E-state index in [1.54, 1.807) is 11.1 Å². The molecule has 0 aliphatic heterocycles. The molecule has 0 saturated heterocycles. The summed E-state index contributed by atoms with van der Waals surface area (Å²) in [5.41, 5.74) is 4.55. The van der Waals surface area contributed by atoms with Crippen LogP contribution in [-0.4, -0.2) is 6.61 Å². The van der Waals surface area contributed by atoms with Crippen LogP contribution >= 0.6 is 0 Å². The lowest BCUT2D eigenvalue weighted by molar-refractivity contribution is 0.339. The van der Waals surface area contributed by atoms with Gasteiger partial charge in [0.2, 0.25) is 0 Å². The smallest absolute Gasteiger partial charge is 0.119 e. The van der Waals surface area contributed by atoms with E-state index in [0.29, 0.717) is 5.92 Å². The molecular formula is C23H30O. The zero-order valence-corrected chi connectivity index (χ0v) is 15.1. The molecule has 0 spiro atoms. The first-order valence-corrected chi connectivity index (χ1v) is 9.64. The van der Waals surface area contributed by atoms with Crippen LogP contribution in [0.25, 0.3) is 0 Å². The van der Waals surface area contributed by atoms with Crippen LogP contribution in [0, 0.1) is 5.92 Å². The van der Waals surface area contributed by atoms with E-state index in [1.165, 1.54) is 44.1 Å². The van der Waals surface area contributed by atoms with Crippen molar-refractivity contribution in [1.29, 1.82) is 0 Å². The molecule has 0 amide bonds. The van der Waals surface area contributed by atoms with E-state index in [-0.39, 0.29) is 0 Å². The van der Waals surface area contributed by atoms with Crippen LogP contribution in [0.15, 0.2) is 48.5 Å². The van der Waals surface area contributed by atoms with Crippen LogP contribution in [0.3, 0.4) is 0 Å². The first kappa shape index (κ1) is 17.1. The van der Waals surface area contributed by atoms with Crippen LogP contribution in [0.1, 0.15) is 68.6 Å². The molecule has 128 valence electrons. The largest absolute Gasteiger partial charge is 0.494 e. The van der Waals surface area contributed by atoms with Crippen LogP contribution in [0.5, 0.6) is 5.75 Å². The molecule has 1 aliphatic carbocycles. The van der Waals surface area contributed by atoms with Gasteiger partial charge < -0.3 is 4.74 Å². The predicted octanol–water partition coefficient (Wildman–Crippen LogP) is 6.36. The van der Waals surface area contributed by atoms with Gasteiger partial charge in [-0.3, -0.25) is 0 Å². The molecule has 1 aliphatic rings. The Morgan fingerprint density at radius 3 is 2.50 bits per heavy atom. The molecule has 0 radical (unpaired) electrons. The lowest BCUT2D eigenvalue weighted by Crippen LogP contribution is -2.22. The second kappa shape index (κ2) is 8.37. The summed E-state index contributed by atoms with van der Waals surface area (Å²) in [6.07, 6.45) is 7.92. The van der Waals surface area contributed by atoms with Crippen LogP contribution in [-0.2, 0) is 6.42 Å². The van der Waals surface area contributed by atoms with E-state index in [0.717, 1.165) is 18.3 Å². The molecule has 2 aromatic carbocycles. The molecule has 0 heterocycles. The minimum Gasteiger partial charge on any atom is -0.494 e. The summed E-state index contributed by atoms with van der Waals surface area (Å²) in [6.45, 7) is 5.06. The molecule has 0 fully saturated rings. The van der Waals surface area contributed by atoms with Gasteiger partial charge in [0.05, 0.1) is 6.61 Å². The van der Waals surface area contributed by atoms with Gasteiger partial charge in [-0.2, -0.15) is 0 Å². The van der Waals surface area contributed by atoms with Gasteiger partial charge in [-0.1, -0.05) is 62.6 Å². The Hall–Kier alpha value is -1.76. The van der Waals surface area contributed by atoms with Crippen molar-refractivity contribution >= 4 is 0 Å². The van der Waals surface area contributed by atoms with Crippen LogP contribution in [0.4, 0.5) is 0 Å². The SMILES string of the molecule is CCCCCC1CCc2ccccc2C1c1ccc(OCC)cc1. The second-order valence-corrected chi connectivity index (χ2v) is 6.97. The number of hydrogen-bond acceptors (Lipinski definition) is 1. The number of hydrogen-bond donors (Lipinski definition) is 0. The van der Waals surface area contributed by atoms with Gasteiger partial charge >= 0.3 is 0 Å². The first-order valence-electron chi connectivity index (χ1n) is 9.64. The zero-order chi connectivity index (χ0) is 16.8. The van der Waals surface area contributed by atoms with Crippen molar-refractivity contribution in [3.05, 3.63) is 65.2 Å². The standard InChI is InChI=1S/C23H30O/c1-3-5-6-10-19-13-12-18-9-7-8-11-22(18)23(19)20-14-16-21(17-15-20)24-4-2/h7-9,11,14-17,19,23H,3-6,10,12-13H2,1-2H3. The molecule has 3 rings (SSSR count). The Morgan fingerprint density at radius 2 is 1.75 bits per heavy atom. The quantitative estimate of drug-likeness (QED) is 0.539. The van der Waals surface area contributed by atoms with Crippen molar-refractivity contribution in [2.75, 3.05) is 6.61 Å². The van der Waals surface area contributed by atoms with E-state index in [4.69, 9.17) is 4.74 Å². The summed E-state index contributed by atoms with van der Waals surface area (Å²) >= 11 is 0. The molecule has 1 nitrogen and oxygen atoms in total. The topological polar surface area (TPSA) is 9.23 Å². The number of ether oxygens (including phenoxy) is 1. The third kappa shape index (κ3) is 3.83. The van der Waals surface area contributed by atoms with Crippen molar-refractivity contribution in [2.24, 2.45) is 5.92 Å². The fourth-order valence-corrected chi connectivity index (χ4v) is 4.18. The van der Waals surface area contributed by atoms with Crippen molar-refractivity contribution in [3.8, 4) is 5.75 Å². The Morgan fingerprint density at radius 1 is 0.958 bits per heavy atom. The van der Waals surface area contributed by atoms with Crippen molar-refractivity contribution in [3.63, 3.8) is 0 Å². The van der Waals surface area contributed by atoms with Gasteiger partial charge in [-0.15, -0.1) is 0 Å². The molecule has 2 atom stereocenters. The summed E-state index contributed by atoms with van der Waals surface area (Å²) in [5.74, 6) is 2.29. The minimum absolute atomic E-state index is 0.544. The number of aryl methyl sites for hydroxylation is 1. The summed E-state index contributed by atoms with van der Waals surface area (Å²) in [5, 5.41) is 0. The van der Waals surface area contributed by atoms with E-state index < -0.39 is 0 Å². The van der Waals surface area contributed by atoms with E-state index >= 15 is 0 Å². The molecular weight excluding hydrogens is 292 g/mol. The Balaban J connectivity index is 1.88. The third-order valence-corrected chi connectivity index (χ3v) is 5.37. The summed E-state index contributed by atoms with van der Waals surface area (Å²) in [7, 11) is 0. The first-order chi connectivity index (χ1) is 11.8. The van der Waals surface area contributed by atoms with Crippen molar-refractivity contribution < 1.29 is 4.74 Å². The van der Waals surface area contributed by atoms with Gasteiger partial charge in [0, 0.05) is 5.92 Å². The average molecular weight is 322 g/mol. The van der Waals surface area contributed by atoms with Crippen molar-refractivity contribution in [1.82, 2.24) is 0 Å². The highest BCUT2D eigenvalue weighted by Gasteiger charge is 2.30. The molecule has 2 unspecified atom stereocenters. The Bertz CT molecular complexity index is 629. The number of rotatable bonds is 7. The highest BCUT2D eigenvalue weighted by molar-refractivity contribution is 5.42. The maximum Gasteiger partial charge on any atom is 0.119 e. The normalized spacial score (nSPS) is 19.8. The van der Waals surface area contributed by atoms with E-state index in [9.17, 15) is 0 Å². The fraction of sp³-hybridized carbons (Fsp3) is 0.478. The summed E-state index contributed by atoms with van der Waals surface area (Å²) in [4.78, 5) is 0. The monoisotopic (exact) mass is 322 g/mol. The fourth-order valence-electron chi connectivity index (χ4n) is 4.18. The average Bonchev–Trinajstić information content (AvgIpc) is 2.63. The second-order valence-electron chi connectivity index (χ2n) is 6.97.